The molecule has 0 amide bonds. The van der Waals surface area contributed by atoms with Crippen molar-refractivity contribution in [2.24, 2.45) is 0 Å². The van der Waals surface area contributed by atoms with E-state index in [1.807, 2.05) is 0 Å². The molecule has 0 aliphatic heterocycles. The van der Waals surface area contributed by atoms with Crippen LogP contribution in [-0.2, 0) is 16.4 Å². The fraction of sp³-hybridized carbons (Fsp3) is 0.737. The van der Waals surface area contributed by atoms with E-state index < -0.39 is 10.2 Å². The van der Waals surface area contributed by atoms with Crippen molar-refractivity contribution in [3.63, 3.8) is 0 Å². The van der Waals surface area contributed by atoms with E-state index in [4.69, 9.17) is 23.6 Å². The van der Waals surface area contributed by atoms with E-state index in [-0.39, 0.29) is 16.4 Å². The summed E-state index contributed by atoms with van der Waals surface area (Å²) in [5.41, 5.74) is 3.93. The minimum absolute atomic E-state index is 0.0446. The first-order valence-corrected chi connectivity index (χ1v) is 9.90. The number of hydrogen-bond donors (Lipinski definition) is 3. The molecular weight excluding hydrogens is 356 g/mol. The van der Waals surface area contributed by atoms with Gasteiger partial charge in [0.15, 0.2) is 0 Å². The molecule has 154 valence electrons. The molecule has 1 heterocycles. The number of nitrogens with zero attached hydrogens (tertiary/aromatic N) is 2. The van der Waals surface area contributed by atoms with Gasteiger partial charge in [0.1, 0.15) is 5.54 Å². The van der Waals surface area contributed by atoms with Crippen LogP contribution in [0.1, 0.15) is 72.3 Å². The maximum atomic E-state index is 8.83. The van der Waals surface area contributed by atoms with Gasteiger partial charge in [-0.3, -0.25) is 4.98 Å². The Hall–Kier alpha value is -0.760. The zero-order chi connectivity index (χ0) is 21.4. The van der Waals surface area contributed by atoms with Crippen molar-refractivity contribution in [3.05, 3.63) is 29.1 Å². The average Bonchev–Trinajstić information content (AvgIpc) is 2.32. The quantitative estimate of drug-likeness (QED) is 0.665. The van der Waals surface area contributed by atoms with Gasteiger partial charge < -0.3 is 4.48 Å². The standard InChI is InChI=1S/C19H35N2.ClH3O4/c1-17(2,3)15-12-14(19(7,8)21(9,10)11)13-16(20-15)18(4,5)6;2-1(3,4)5/h12-13H,1-11H3;2-4H/q+1;. The van der Waals surface area contributed by atoms with Crippen LogP contribution in [0.2, 0.25) is 0 Å². The summed E-state index contributed by atoms with van der Waals surface area (Å²) in [5, 5.41) is 0. The first-order chi connectivity index (χ1) is 11.1. The molecule has 0 atom stereocenters. The molecule has 0 radical (unpaired) electrons. The van der Waals surface area contributed by atoms with Gasteiger partial charge in [-0.1, -0.05) is 41.5 Å². The van der Waals surface area contributed by atoms with E-state index in [0.29, 0.717) is 0 Å². The van der Waals surface area contributed by atoms with E-state index in [0.717, 1.165) is 4.48 Å². The monoisotopic (exact) mass is 393 g/mol. The van der Waals surface area contributed by atoms with Crippen molar-refractivity contribution in [1.29, 1.82) is 0 Å². The summed E-state index contributed by atoms with van der Waals surface area (Å²) >= 11 is 0. The van der Waals surface area contributed by atoms with E-state index >= 15 is 0 Å². The topological polar surface area (TPSA) is 96.6 Å². The summed E-state index contributed by atoms with van der Waals surface area (Å²) in [6, 6.07) is 4.61. The van der Waals surface area contributed by atoms with E-state index in [2.05, 4.69) is 88.7 Å². The second-order valence-corrected chi connectivity index (χ2v) is 11.0. The van der Waals surface area contributed by atoms with Crippen LogP contribution in [0.3, 0.4) is 0 Å². The Bertz CT molecular complexity index is 566. The van der Waals surface area contributed by atoms with Crippen molar-refractivity contribution >= 4 is 0 Å². The van der Waals surface area contributed by atoms with Crippen molar-refractivity contribution < 1.29 is 33.4 Å². The Balaban J connectivity index is 0.00000110. The summed E-state index contributed by atoms with van der Waals surface area (Å²) in [6.07, 6.45) is 0. The van der Waals surface area contributed by atoms with Crippen molar-refractivity contribution in [2.75, 3.05) is 21.1 Å². The molecule has 1 aromatic rings. The summed E-state index contributed by atoms with van der Waals surface area (Å²) in [4.78, 5) is 4.96. The van der Waals surface area contributed by atoms with Crippen LogP contribution >= 0.6 is 0 Å². The molecule has 1 aromatic heterocycles. The van der Waals surface area contributed by atoms with Crippen molar-refractivity contribution in [1.82, 2.24) is 4.98 Å². The third kappa shape index (κ3) is 7.86. The van der Waals surface area contributed by atoms with Crippen molar-refractivity contribution in [2.45, 2.75) is 71.8 Å². The minimum atomic E-state index is -4.19. The molecule has 0 bridgehead atoms. The number of rotatable bonds is 2. The summed E-state index contributed by atoms with van der Waals surface area (Å²) in [7, 11) is 2.58. The average molecular weight is 394 g/mol. The first kappa shape index (κ1) is 25.2. The van der Waals surface area contributed by atoms with Gasteiger partial charge in [-0.15, -0.1) is 0 Å². The van der Waals surface area contributed by atoms with Gasteiger partial charge in [0.2, 0.25) is 0 Å². The molecule has 1 rings (SSSR count). The molecule has 0 spiro atoms. The fourth-order valence-electron chi connectivity index (χ4n) is 2.04. The van der Waals surface area contributed by atoms with Crippen LogP contribution in [0.15, 0.2) is 12.1 Å². The number of hydrogen-bond acceptors (Lipinski definition) is 5. The van der Waals surface area contributed by atoms with Crippen LogP contribution in [0.25, 0.3) is 0 Å². The normalized spacial score (nSPS) is 14.6. The van der Waals surface area contributed by atoms with Crippen LogP contribution < -0.4 is 4.66 Å². The summed E-state index contributed by atoms with van der Waals surface area (Å²) in [5.74, 6) is 0. The Morgan fingerprint density at radius 1 is 0.808 bits per heavy atom. The van der Waals surface area contributed by atoms with Gasteiger partial charge in [-0.25, -0.2) is 0 Å². The number of aromatic nitrogens is 1. The van der Waals surface area contributed by atoms with Gasteiger partial charge >= 0.3 is 28.9 Å². The molecular formula is C19H38ClN2O4+. The van der Waals surface area contributed by atoms with Gasteiger partial charge in [-0.2, -0.15) is 0 Å². The molecule has 0 unspecified atom stereocenters. The zero-order valence-corrected chi connectivity index (χ0v) is 18.9. The van der Waals surface area contributed by atoms with E-state index in [1.54, 1.807) is 0 Å². The third-order valence-electron chi connectivity index (χ3n) is 4.75. The van der Waals surface area contributed by atoms with Crippen LogP contribution in [0.5, 0.6) is 0 Å². The molecule has 7 heteroatoms. The second kappa shape index (κ2) is 7.70. The Morgan fingerprint density at radius 2 is 1.08 bits per heavy atom. The van der Waals surface area contributed by atoms with Gasteiger partial charge in [0, 0.05) is 27.8 Å². The van der Waals surface area contributed by atoms with Crippen LogP contribution in [0, 0.1) is 10.2 Å². The third-order valence-corrected chi connectivity index (χ3v) is 4.75. The molecule has 3 N–H and O–H groups in total. The Morgan fingerprint density at radius 3 is 1.27 bits per heavy atom. The molecule has 6 nitrogen and oxygen atoms in total. The molecule has 0 fully saturated rings. The maximum absolute atomic E-state index is 8.83. The molecule has 0 saturated heterocycles. The van der Waals surface area contributed by atoms with Crippen molar-refractivity contribution in [3.8, 4) is 0 Å². The molecule has 0 aliphatic rings. The van der Waals surface area contributed by atoms with Crippen LogP contribution in [-0.4, -0.2) is 44.6 Å². The Kier molecular flexibility index (Phi) is 7.47. The number of quaternary nitrogens is 1. The predicted octanol–water partition coefficient (Wildman–Crippen LogP) is 1.76. The van der Waals surface area contributed by atoms with E-state index in [9.17, 15) is 0 Å². The van der Waals surface area contributed by atoms with E-state index in [1.165, 1.54) is 17.0 Å². The van der Waals surface area contributed by atoms with Crippen LogP contribution in [0.4, 0.5) is 0 Å². The van der Waals surface area contributed by atoms with Gasteiger partial charge in [-0.05, 0) is 26.0 Å². The second-order valence-electron chi connectivity index (χ2n) is 10.1. The Labute approximate surface area is 160 Å². The molecule has 0 saturated carbocycles. The summed E-state index contributed by atoms with van der Waals surface area (Å²) < 4.78 is 31.1. The summed E-state index contributed by atoms with van der Waals surface area (Å²) in [6.45, 7) is 18.1. The number of halogens is 1. The predicted molar refractivity (Wildman–Crippen MR) is 99.4 cm³/mol. The zero-order valence-electron chi connectivity index (χ0n) is 18.2. The molecule has 26 heavy (non-hydrogen) atoms. The molecule has 0 aliphatic carbocycles. The SMILES string of the molecule is CC(C)(C)c1cc(C(C)(C)[N+](C)(C)C)cc(C(C)(C)C)n1.[O-][Cl+](O)(O)O. The fourth-order valence-corrected chi connectivity index (χ4v) is 2.04. The van der Waals surface area contributed by atoms with Gasteiger partial charge in [0.05, 0.1) is 21.1 Å². The van der Waals surface area contributed by atoms with Gasteiger partial charge in [0.25, 0.3) is 0 Å². The first-order valence-electron chi connectivity index (χ1n) is 8.58. The molecule has 0 aromatic carbocycles. The number of pyridine rings is 1.